The lowest BCUT2D eigenvalue weighted by atomic mass is 9.70. The molecule has 0 fully saturated rings. The van der Waals surface area contributed by atoms with Gasteiger partial charge in [-0.05, 0) is 293 Å². The van der Waals surface area contributed by atoms with E-state index in [1.807, 2.05) is 0 Å². The van der Waals surface area contributed by atoms with Crippen LogP contribution in [0.3, 0.4) is 0 Å². The summed E-state index contributed by atoms with van der Waals surface area (Å²) in [6.07, 6.45) is 0. The molecule has 0 saturated heterocycles. The molecule has 6 nitrogen and oxygen atoms in total. The smallest absolute Gasteiger partial charge is 0.0726 e. The van der Waals surface area contributed by atoms with Crippen molar-refractivity contribution in [2.24, 2.45) is 0 Å². The van der Waals surface area contributed by atoms with Gasteiger partial charge in [0, 0.05) is 117 Å². The van der Waals surface area contributed by atoms with Gasteiger partial charge in [0.2, 0.25) is 0 Å². The van der Waals surface area contributed by atoms with Crippen LogP contribution in [-0.2, 0) is 16.2 Å². The highest BCUT2D eigenvalue weighted by Gasteiger charge is 2.52. The van der Waals surface area contributed by atoms with E-state index in [1.54, 1.807) is 0 Å². The Morgan fingerprint density at radius 2 is 0.315 bits per heavy atom. The third-order valence-electron chi connectivity index (χ3n) is 27.3. The van der Waals surface area contributed by atoms with E-state index < -0.39 is 0 Å². The molecule has 0 N–H and O–H groups in total. The molecule has 0 amide bonds. The minimum Gasteiger partial charge on any atom is -0.345 e. The van der Waals surface area contributed by atoms with Gasteiger partial charge in [0.25, 0.3) is 0 Å². The number of anilines is 15. The largest absolute Gasteiger partial charge is 0.345 e. The zero-order valence-electron chi connectivity index (χ0n) is 74.3. The van der Waals surface area contributed by atoms with Crippen molar-refractivity contribution < 1.29 is 0 Å². The lowest BCUT2D eigenvalue weighted by molar-refractivity contribution is 0.660. The van der Waals surface area contributed by atoms with E-state index in [9.17, 15) is 0 Å². The van der Waals surface area contributed by atoms with Crippen molar-refractivity contribution in [2.75, 3.05) is 50.5 Å². The van der Waals surface area contributed by atoms with E-state index in [0.29, 0.717) is 0 Å². The molecule has 23 rings (SSSR count). The second kappa shape index (κ2) is 34.0. The summed E-state index contributed by atoms with van der Waals surface area (Å²) in [6, 6.07) is 173. The molecule has 0 atom stereocenters. The fourth-order valence-electron chi connectivity index (χ4n) is 20.5. The van der Waals surface area contributed by atoms with E-state index in [0.717, 1.165) is 51.2 Å². The summed E-state index contributed by atoms with van der Waals surface area (Å²) >= 11 is 0. The SMILES string of the molecule is CN(c1ccc(-c2ccc(N(c3ccccc3)c3ccccc3)cc2)cc1)c1ccc2c(c1)C(C)(C)c1ccccc1-2.CN(c1ccc(-c2ccc(N(c3ccccc3)c3ccccc3)cc2)cc1)c1ccc2c(c1)C1(c3ccccc3-c3ccccc31)c1ccccc1-2.CN(c1ccccc1)c1ccc2c(c1)C(C)(C)c1cc(N(c3ccccc3)c3ccccc3)ccc1-2. The van der Waals surface area contributed by atoms with Crippen LogP contribution >= 0.6 is 0 Å². The van der Waals surface area contributed by atoms with Crippen LogP contribution in [0.15, 0.2) is 479 Å². The molecule has 0 heterocycles. The van der Waals surface area contributed by atoms with Crippen LogP contribution in [0.25, 0.3) is 66.8 Å². The number of fused-ring (bicyclic) bond motifs is 16. The maximum absolute atomic E-state index is 2.44. The van der Waals surface area contributed by atoms with Gasteiger partial charge in [0.15, 0.2) is 0 Å². The summed E-state index contributed by atoms with van der Waals surface area (Å²) < 4.78 is 0. The Morgan fingerprint density at radius 3 is 0.615 bits per heavy atom. The van der Waals surface area contributed by atoms with E-state index in [1.165, 1.54) is 145 Å². The molecular weight excluding hydrogens is 1570 g/mol. The van der Waals surface area contributed by atoms with Gasteiger partial charge in [0.05, 0.1) is 5.41 Å². The Morgan fingerprint density at radius 1 is 0.138 bits per heavy atom. The Kier molecular flexibility index (Phi) is 21.2. The van der Waals surface area contributed by atoms with Crippen LogP contribution < -0.4 is 29.4 Å². The number of rotatable bonds is 17. The molecule has 4 aliphatic carbocycles. The Balaban J connectivity index is 0.000000120. The van der Waals surface area contributed by atoms with Gasteiger partial charge < -0.3 is 29.4 Å². The normalized spacial score (nSPS) is 12.9. The van der Waals surface area contributed by atoms with Crippen molar-refractivity contribution in [3.8, 4) is 66.8 Å². The quantitative estimate of drug-likeness (QED) is 0.0899. The van der Waals surface area contributed by atoms with Crippen molar-refractivity contribution in [3.63, 3.8) is 0 Å². The van der Waals surface area contributed by atoms with Gasteiger partial charge in [0.1, 0.15) is 0 Å². The highest BCUT2D eigenvalue weighted by atomic mass is 15.2. The number of hydrogen-bond donors (Lipinski definition) is 0. The molecule has 0 saturated carbocycles. The average molecular weight is 1670 g/mol. The highest BCUT2D eigenvalue weighted by Crippen LogP contribution is 2.64. The molecule has 6 heteroatoms. The summed E-state index contributed by atoms with van der Waals surface area (Å²) in [6.45, 7) is 9.37. The molecule has 0 bridgehead atoms. The Labute approximate surface area is 765 Å². The molecule has 0 unspecified atom stereocenters. The van der Waals surface area contributed by atoms with Gasteiger partial charge >= 0.3 is 0 Å². The highest BCUT2D eigenvalue weighted by molar-refractivity contribution is 5.97. The molecule has 0 radical (unpaired) electrons. The topological polar surface area (TPSA) is 19.4 Å². The summed E-state index contributed by atoms with van der Waals surface area (Å²) in [5, 5.41) is 0. The van der Waals surface area contributed by atoms with Crippen molar-refractivity contribution in [1.29, 1.82) is 0 Å². The zero-order chi connectivity index (χ0) is 88.0. The lowest BCUT2D eigenvalue weighted by Crippen LogP contribution is -2.26. The van der Waals surface area contributed by atoms with E-state index >= 15 is 0 Å². The van der Waals surface area contributed by atoms with Crippen LogP contribution in [0.5, 0.6) is 0 Å². The van der Waals surface area contributed by atoms with E-state index in [2.05, 4.69) is 557 Å². The number of para-hydroxylation sites is 7. The van der Waals surface area contributed by atoms with Crippen LogP contribution in [0.4, 0.5) is 85.3 Å². The summed E-state index contributed by atoms with van der Waals surface area (Å²) in [5.74, 6) is 0. The summed E-state index contributed by atoms with van der Waals surface area (Å²) in [4.78, 5) is 13.8. The number of hydrogen-bond acceptors (Lipinski definition) is 6. The first-order chi connectivity index (χ1) is 63.8. The maximum atomic E-state index is 2.44. The second-order valence-corrected chi connectivity index (χ2v) is 35.3. The predicted octanol–water partition coefficient (Wildman–Crippen LogP) is 33.1. The Hall–Kier alpha value is -16.0. The predicted molar refractivity (Wildman–Crippen MR) is 549 cm³/mol. The number of nitrogens with zero attached hydrogens (tertiary/aromatic N) is 6. The third-order valence-corrected chi connectivity index (χ3v) is 27.3. The summed E-state index contributed by atoms with van der Waals surface area (Å²) in [7, 11) is 6.48. The van der Waals surface area contributed by atoms with Gasteiger partial charge in [-0.25, -0.2) is 0 Å². The average Bonchev–Trinajstić information content (AvgIpc) is 1.51. The first kappa shape index (κ1) is 81.0. The molecule has 1 spiro atoms. The van der Waals surface area contributed by atoms with Gasteiger partial charge in [-0.3, -0.25) is 0 Å². The minimum atomic E-state index is -0.345. The molecule has 0 aromatic heterocycles. The molecular formula is C124H100N6. The molecule has 0 aliphatic heterocycles. The van der Waals surface area contributed by atoms with Crippen molar-refractivity contribution in [1.82, 2.24) is 0 Å². The molecule has 19 aromatic carbocycles. The molecule has 19 aromatic rings. The van der Waals surface area contributed by atoms with Crippen LogP contribution in [0.2, 0.25) is 0 Å². The fraction of sp³-hybridized carbons (Fsp3) is 0.0806. The van der Waals surface area contributed by atoms with Crippen LogP contribution in [0.1, 0.15) is 72.2 Å². The van der Waals surface area contributed by atoms with E-state index in [4.69, 9.17) is 0 Å². The van der Waals surface area contributed by atoms with Crippen molar-refractivity contribution in [3.05, 3.63) is 524 Å². The number of benzene rings is 19. The molecule has 4 aliphatic rings. The van der Waals surface area contributed by atoms with Gasteiger partial charge in [-0.2, -0.15) is 0 Å². The zero-order valence-corrected chi connectivity index (χ0v) is 74.3. The van der Waals surface area contributed by atoms with E-state index in [-0.39, 0.29) is 16.2 Å². The summed E-state index contributed by atoms with van der Waals surface area (Å²) in [5.41, 5.74) is 43.4. The minimum absolute atomic E-state index is 0.00457. The monoisotopic (exact) mass is 1670 g/mol. The van der Waals surface area contributed by atoms with Crippen molar-refractivity contribution >= 4 is 85.3 Å². The first-order valence-electron chi connectivity index (χ1n) is 45.1. The van der Waals surface area contributed by atoms with Gasteiger partial charge in [-0.1, -0.05) is 325 Å². The fourth-order valence-corrected chi connectivity index (χ4v) is 20.5. The second-order valence-electron chi connectivity index (χ2n) is 35.3. The standard InChI is InChI=1S/C50H36N2.C40H34N2.C34H30N2/c1-51(37-28-24-35(25-29-37)36-26-30-40(31-27-36)52(38-14-4-2-5-15-38)39-16-6-3-7-17-39)41-32-33-45-44-20-10-13-23-48(44)50(49(45)34-41)46-21-11-8-18-42(46)43-19-9-12-22-47(43)50;1-40(2)38-17-11-10-16-36(38)37-27-26-35(28-39(37)40)41(3)31-22-18-29(19-23-31)30-20-24-34(25-21-30)42(32-12-6-4-7-13-32)33-14-8-5-9-15-33;1-34(2)32-23-28(35(3)25-13-7-4-8-14-25)19-21-30(32)31-22-20-29(24-33(31)34)36(26-15-9-5-10-16-26)27-17-11-6-12-18-27/h2-34H,1H3;4-28H,1-3H3;4-24H,1-3H3. The first-order valence-corrected chi connectivity index (χ1v) is 45.1. The third kappa shape index (κ3) is 14.5. The van der Waals surface area contributed by atoms with Crippen LogP contribution in [-0.4, -0.2) is 21.1 Å². The van der Waals surface area contributed by atoms with Crippen molar-refractivity contribution in [2.45, 2.75) is 43.9 Å². The molecule has 130 heavy (non-hydrogen) atoms. The lowest BCUT2D eigenvalue weighted by Gasteiger charge is -2.31. The maximum Gasteiger partial charge on any atom is 0.0726 e. The van der Waals surface area contributed by atoms with Gasteiger partial charge in [-0.15, -0.1) is 0 Å². The molecule has 626 valence electrons. The Bertz CT molecular complexity index is 7110. The van der Waals surface area contributed by atoms with Crippen LogP contribution in [0, 0.1) is 0 Å².